The van der Waals surface area contributed by atoms with E-state index in [9.17, 15) is 0 Å². The number of nitrogens with one attached hydrogen (secondary N) is 2. The molecule has 0 aliphatic heterocycles. The van der Waals surface area contributed by atoms with Crippen LogP contribution in [0, 0.1) is 0 Å². The SMILES string of the molecule is CNCCc1[nH]ncc1-c1ccc(Cl)s1. The number of thiophene rings is 1. The molecule has 15 heavy (non-hydrogen) atoms. The highest BCUT2D eigenvalue weighted by Crippen LogP contribution is 2.32. The molecule has 2 aromatic rings. The summed E-state index contributed by atoms with van der Waals surface area (Å²) >= 11 is 7.49. The highest BCUT2D eigenvalue weighted by Gasteiger charge is 2.09. The highest BCUT2D eigenvalue weighted by molar-refractivity contribution is 7.19. The highest BCUT2D eigenvalue weighted by atomic mass is 35.5. The van der Waals surface area contributed by atoms with Gasteiger partial charge in [0.1, 0.15) is 0 Å². The summed E-state index contributed by atoms with van der Waals surface area (Å²) < 4.78 is 0.811. The molecule has 0 saturated heterocycles. The minimum absolute atomic E-state index is 0.811. The average Bonchev–Trinajstić information content (AvgIpc) is 2.82. The van der Waals surface area contributed by atoms with Crippen LogP contribution in [0.15, 0.2) is 18.3 Å². The molecule has 2 aromatic heterocycles. The molecule has 0 unspecified atom stereocenters. The Morgan fingerprint density at radius 2 is 2.40 bits per heavy atom. The Morgan fingerprint density at radius 1 is 1.53 bits per heavy atom. The molecule has 0 aromatic carbocycles. The monoisotopic (exact) mass is 241 g/mol. The van der Waals surface area contributed by atoms with Crippen molar-refractivity contribution in [3.05, 3.63) is 28.4 Å². The standard InChI is InChI=1S/C10H12ClN3S/c1-12-5-4-8-7(6-13-14-8)9-2-3-10(11)15-9/h2-3,6,12H,4-5H2,1H3,(H,13,14). The summed E-state index contributed by atoms with van der Waals surface area (Å²) in [7, 11) is 1.94. The molecule has 0 aliphatic carbocycles. The number of nitrogens with zero attached hydrogens (tertiary/aromatic N) is 1. The van der Waals surface area contributed by atoms with Crippen LogP contribution in [0.5, 0.6) is 0 Å². The predicted molar refractivity (Wildman–Crippen MR) is 64.5 cm³/mol. The van der Waals surface area contributed by atoms with Crippen LogP contribution in [0.4, 0.5) is 0 Å². The van der Waals surface area contributed by atoms with Gasteiger partial charge in [0.05, 0.1) is 10.5 Å². The fraction of sp³-hybridized carbons (Fsp3) is 0.300. The fourth-order valence-electron chi connectivity index (χ4n) is 1.42. The zero-order chi connectivity index (χ0) is 10.7. The van der Waals surface area contributed by atoms with Crippen molar-refractivity contribution in [3.63, 3.8) is 0 Å². The third-order valence-electron chi connectivity index (χ3n) is 2.18. The lowest BCUT2D eigenvalue weighted by molar-refractivity contribution is 0.773. The molecule has 3 nitrogen and oxygen atoms in total. The Hall–Kier alpha value is -0.840. The van der Waals surface area contributed by atoms with Gasteiger partial charge in [-0.3, -0.25) is 5.10 Å². The van der Waals surface area contributed by atoms with Gasteiger partial charge in [0.25, 0.3) is 0 Å². The Bertz CT molecular complexity index is 435. The first-order chi connectivity index (χ1) is 7.31. The van der Waals surface area contributed by atoms with Crippen molar-refractivity contribution < 1.29 is 0 Å². The maximum Gasteiger partial charge on any atom is 0.0934 e. The summed E-state index contributed by atoms with van der Waals surface area (Å²) in [6.07, 6.45) is 2.80. The van der Waals surface area contributed by atoms with E-state index in [1.54, 1.807) is 11.3 Å². The van der Waals surface area contributed by atoms with Gasteiger partial charge in [-0.05, 0) is 19.2 Å². The molecule has 0 aliphatic rings. The average molecular weight is 242 g/mol. The number of halogens is 1. The van der Waals surface area contributed by atoms with Crippen molar-refractivity contribution in [2.45, 2.75) is 6.42 Å². The summed E-state index contributed by atoms with van der Waals surface area (Å²) in [6.45, 7) is 0.939. The fourth-order valence-corrected chi connectivity index (χ4v) is 2.51. The quantitative estimate of drug-likeness (QED) is 0.864. The third kappa shape index (κ3) is 2.40. The lowest BCUT2D eigenvalue weighted by Gasteiger charge is -1.99. The number of likely N-dealkylation sites (N-methyl/N-ethyl adjacent to an activating group) is 1. The van der Waals surface area contributed by atoms with Crippen molar-refractivity contribution in [2.75, 3.05) is 13.6 Å². The minimum Gasteiger partial charge on any atom is -0.319 e. The molecule has 0 fully saturated rings. The van der Waals surface area contributed by atoms with Crippen molar-refractivity contribution in [1.29, 1.82) is 0 Å². The Morgan fingerprint density at radius 3 is 3.07 bits per heavy atom. The summed E-state index contributed by atoms with van der Waals surface area (Å²) in [5, 5.41) is 10.2. The molecule has 0 radical (unpaired) electrons. The van der Waals surface area contributed by atoms with Gasteiger partial charge in [-0.2, -0.15) is 5.10 Å². The zero-order valence-corrected chi connectivity index (χ0v) is 9.95. The molecule has 0 bridgehead atoms. The number of hydrogen-bond acceptors (Lipinski definition) is 3. The molecular formula is C10H12ClN3S. The van der Waals surface area contributed by atoms with E-state index in [4.69, 9.17) is 11.6 Å². The molecule has 0 saturated carbocycles. The van der Waals surface area contributed by atoms with Crippen LogP contribution in [0.1, 0.15) is 5.69 Å². The molecule has 2 heterocycles. The van der Waals surface area contributed by atoms with E-state index in [-0.39, 0.29) is 0 Å². The molecule has 2 rings (SSSR count). The summed E-state index contributed by atoms with van der Waals surface area (Å²) in [5.41, 5.74) is 2.31. The van der Waals surface area contributed by atoms with E-state index in [1.807, 2.05) is 25.4 Å². The van der Waals surface area contributed by atoms with Gasteiger partial charge in [-0.15, -0.1) is 11.3 Å². The molecule has 0 spiro atoms. The van der Waals surface area contributed by atoms with Gasteiger partial charge in [0.15, 0.2) is 0 Å². The predicted octanol–water partition coefficient (Wildman–Crippen LogP) is 2.55. The van der Waals surface area contributed by atoms with Crippen LogP contribution in [-0.4, -0.2) is 23.8 Å². The first kappa shape index (κ1) is 10.7. The van der Waals surface area contributed by atoms with E-state index in [0.717, 1.165) is 28.6 Å². The lowest BCUT2D eigenvalue weighted by Crippen LogP contribution is -2.10. The molecule has 2 N–H and O–H groups in total. The smallest absolute Gasteiger partial charge is 0.0934 e. The largest absolute Gasteiger partial charge is 0.319 e. The van der Waals surface area contributed by atoms with E-state index < -0.39 is 0 Å². The second-order valence-corrected chi connectivity index (χ2v) is 4.93. The Labute approximate surface area is 97.5 Å². The van der Waals surface area contributed by atoms with Crippen LogP contribution < -0.4 is 5.32 Å². The first-order valence-electron chi connectivity index (χ1n) is 4.74. The lowest BCUT2D eigenvalue weighted by atomic mass is 10.1. The Kier molecular flexibility index (Phi) is 3.41. The second kappa shape index (κ2) is 4.79. The van der Waals surface area contributed by atoms with Gasteiger partial charge >= 0.3 is 0 Å². The number of aromatic amines is 1. The van der Waals surface area contributed by atoms with E-state index in [1.165, 1.54) is 4.88 Å². The zero-order valence-electron chi connectivity index (χ0n) is 8.38. The van der Waals surface area contributed by atoms with Gasteiger partial charge in [-0.1, -0.05) is 11.6 Å². The van der Waals surface area contributed by atoms with Crippen LogP contribution >= 0.6 is 22.9 Å². The first-order valence-corrected chi connectivity index (χ1v) is 5.93. The number of H-pyrrole nitrogens is 1. The summed E-state index contributed by atoms with van der Waals surface area (Å²) in [5.74, 6) is 0. The molecule has 5 heteroatoms. The minimum atomic E-state index is 0.811. The van der Waals surface area contributed by atoms with Crippen LogP contribution in [0.2, 0.25) is 4.34 Å². The maximum atomic E-state index is 5.91. The van der Waals surface area contributed by atoms with Crippen molar-refractivity contribution in [3.8, 4) is 10.4 Å². The second-order valence-electron chi connectivity index (χ2n) is 3.22. The van der Waals surface area contributed by atoms with Gasteiger partial charge in [-0.25, -0.2) is 0 Å². The van der Waals surface area contributed by atoms with E-state index >= 15 is 0 Å². The maximum absolute atomic E-state index is 5.91. The molecular weight excluding hydrogens is 230 g/mol. The van der Waals surface area contributed by atoms with E-state index in [0.29, 0.717) is 0 Å². The van der Waals surface area contributed by atoms with Gasteiger partial charge < -0.3 is 5.32 Å². The van der Waals surface area contributed by atoms with Crippen molar-refractivity contribution in [1.82, 2.24) is 15.5 Å². The van der Waals surface area contributed by atoms with Gasteiger partial charge in [0.2, 0.25) is 0 Å². The number of rotatable bonds is 4. The van der Waals surface area contributed by atoms with Gasteiger partial charge in [0, 0.05) is 29.1 Å². The molecule has 80 valence electrons. The third-order valence-corrected chi connectivity index (χ3v) is 3.45. The molecule has 0 atom stereocenters. The number of aromatic nitrogens is 2. The van der Waals surface area contributed by atoms with Crippen molar-refractivity contribution in [2.24, 2.45) is 0 Å². The van der Waals surface area contributed by atoms with Crippen LogP contribution in [-0.2, 0) is 6.42 Å². The van der Waals surface area contributed by atoms with E-state index in [2.05, 4.69) is 15.5 Å². The topological polar surface area (TPSA) is 40.7 Å². The summed E-state index contributed by atoms with van der Waals surface area (Å²) in [4.78, 5) is 1.17. The molecule has 0 amide bonds. The van der Waals surface area contributed by atoms with Crippen molar-refractivity contribution >= 4 is 22.9 Å². The normalized spacial score (nSPS) is 10.8. The van der Waals surface area contributed by atoms with Crippen LogP contribution in [0.25, 0.3) is 10.4 Å². The Balaban J connectivity index is 2.24. The number of hydrogen-bond donors (Lipinski definition) is 2. The van der Waals surface area contributed by atoms with Crippen LogP contribution in [0.3, 0.4) is 0 Å². The summed E-state index contributed by atoms with van der Waals surface area (Å²) in [6, 6.07) is 3.94.